The van der Waals surface area contributed by atoms with Crippen molar-refractivity contribution in [1.82, 2.24) is 5.32 Å². The lowest BCUT2D eigenvalue weighted by molar-refractivity contribution is 0.0396. The van der Waals surface area contributed by atoms with Crippen molar-refractivity contribution in [2.45, 2.75) is 52.2 Å². The van der Waals surface area contributed by atoms with Crippen LogP contribution in [0.15, 0.2) is 12.7 Å². The van der Waals surface area contributed by atoms with Gasteiger partial charge in [0.25, 0.3) is 0 Å². The Bertz CT molecular complexity index is 130. The van der Waals surface area contributed by atoms with Gasteiger partial charge in [-0.05, 0) is 26.3 Å². The average molecular weight is 199 g/mol. The smallest absolute Gasteiger partial charge is 0.0763 e. The minimum atomic E-state index is 0.286. The third-order valence-electron chi connectivity index (χ3n) is 2.24. The summed E-state index contributed by atoms with van der Waals surface area (Å²) in [5, 5.41) is 3.45. The molecule has 0 aromatic rings. The van der Waals surface area contributed by atoms with Gasteiger partial charge in [0.05, 0.1) is 12.1 Å². The Kier molecular flexibility index (Phi) is 9.00. The summed E-state index contributed by atoms with van der Waals surface area (Å²) in [4.78, 5) is 0. The molecule has 2 unspecified atom stereocenters. The van der Waals surface area contributed by atoms with E-state index in [4.69, 9.17) is 4.74 Å². The number of nitrogens with one attached hydrogen (secondary N) is 1. The summed E-state index contributed by atoms with van der Waals surface area (Å²) >= 11 is 0. The molecular formula is C12H25NO. The van der Waals surface area contributed by atoms with E-state index in [-0.39, 0.29) is 6.10 Å². The van der Waals surface area contributed by atoms with Gasteiger partial charge in [-0.1, -0.05) is 26.3 Å². The zero-order valence-corrected chi connectivity index (χ0v) is 9.88. The maximum absolute atomic E-state index is 5.70. The molecule has 0 saturated carbocycles. The normalized spacial score (nSPS) is 15.1. The quantitative estimate of drug-likeness (QED) is 0.577. The van der Waals surface area contributed by atoms with E-state index in [0.29, 0.717) is 6.04 Å². The van der Waals surface area contributed by atoms with Crippen molar-refractivity contribution >= 4 is 0 Å². The molecule has 2 heteroatoms. The number of hydrogen-bond acceptors (Lipinski definition) is 2. The molecule has 0 fully saturated rings. The molecule has 2 atom stereocenters. The molecule has 2 nitrogen and oxygen atoms in total. The summed E-state index contributed by atoms with van der Waals surface area (Å²) < 4.78 is 5.70. The Morgan fingerprint density at radius 1 is 1.29 bits per heavy atom. The van der Waals surface area contributed by atoms with Gasteiger partial charge >= 0.3 is 0 Å². The molecule has 1 N–H and O–H groups in total. The first-order valence-corrected chi connectivity index (χ1v) is 5.77. The molecular weight excluding hydrogens is 174 g/mol. The van der Waals surface area contributed by atoms with Gasteiger partial charge in [-0.15, -0.1) is 6.58 Å². The van der Waals surface area contributed by atoms with Crippen LogP contribution in [0.25, 0.3) is 0 Å². The summed E-state index contributed by atoms with van der Waals surface area (Å²) in [5.41, 5.74) is 0. The van der Waals surface area contributed by atoms with Crippen LogP contribution in [-0.4, -0.2) is 25.3 Å². The summed E-state index contributed by atoms with van der Waals surface area (Å²) in [7, 11) is 0. The monoisotopic (exact) mass is 199 g/mol. The Morgan fingerprint density at radius 2 is 2.00 bits per heavy atom. The fraction of sp³-hybridized carbons (Fsp3) is 0.833. The molecule has 0 aromatic carbocycles. The molecule has 0 aromatic heterocycles. The lowest BCUT2D eigenvalue weighted by atomic mass is 10.1. The van der Waals surface area contributed by atoms with Crippen LogP contribution in [0.5, 0.6) is 0 Å². The fourth-order valence-electron chi connectivity index (χ4n) is 1.54. The van der Waals surface area contributed by atoms with Crippen molar-refractivity contribution in [3.63, 3.8) is 0 Å². The second-order valence-corrected chi connectivity index (χ2v) is 3.50. The molecule has 14 heavy (non-hydrogen) atoms. The summed E-state index contributed by atoms with van der Waals surface area (Å²) in [6.07, 6.45) is 5.65. The number of rotatable bonds is 9. The molecule has 0 aliphatic heterocycles. The number of hydrogen-bond donors (Lipinski definition) is 1. The molecule has 0 saturated heterocycles. The van der Waals surface area contributed by atoms with Gasteiger partial charge in [-0.3, -0.25) is 0 Å². The van der Waals surface area contributed by atoms with E-state index in [9.17, 15) is 0 Å². The van der Waals surface area contributed by atoms with Gasteiger partial charge in [-0.25, -0.2) is 0 Å². The van der Waals surface area contributed by atoms with Crippen molar-refractivity contribution in [3.05, 3.63) is 12.7 Å². The van der Waals surface area contributed by atoms with Crippen LogP contribution in [-0.2, 0) is 4.74 Å². The van der Waals surface area contributed by atoms with Gasteiger partial charge < -0.3 is 10.1 Å². The van der Waals surface area contributed by atoms with E-state index >= 15 is 0 Å². The van der Waals surface area contributed by atoms with Gasteiger partial charge in [-0.2, -0.15) is 0 Å². The van der Waals surface area contributed by atoms with Crippen LogP contribution in [0.1, 0.15) is 40.0 Å². The van der Waals surface area contributed by atoms with E-state index in [1.54, 1.807) is 0 Å². The predicted molar refractivity (Wildman–Crippen MR) is 62.6 cm³/mol. The highest BCUT2D eigenvalue weighted by Crippen LogP contribution is 2.08. The van der Waals surface area contributed by atoms with E-state index < -0.39 is 0 Å². The summed E-state index contributed by atoms with van der Waals surface area (Å²) in [6.45, 7) is 12.1. The van der Waals surface area contributed by atoms with Crippen LogP contribution < -0.4 is 5.32 Å². The van der Waals surface area contributed by atoms with E-state index in [1.807, 2.05) is 13.0 Å². The molecule has 0 heterocycles. The van der Waals surface area contributed by atoms with Crippen molar-refractivity contribution in [2.24, 2.45) is 0 Å². The fourth-order valence-corrected chi connectivity index (χ4v) is 1.54. The van der Waals surface area contributed by atoms with Gasteiger partial charge in [0.2, 0.25) is 0 Å². The molecule has 0 bridgehead atoms. The third kappa shape index (κ3) is 5.40. The van der Waals surface area contributed by atoms with Crippen molar-refractivity contribution < 1.29 is 4.74 Å². The van der Waals surface area contributed by atoms with E-state index in [1.165, 1.54) is 0 Å². The minimum absolute atomic E-state index is 0.286. The lowest BCUT2D eigenvalue weighted by Crippen LogP contribution is -2.40. The molecule has 0 rings (SSSR count). The minimum Gasteiger partial charge on any atom is -0.377 e. The highest BCUT2D eigenvalue weighted by atomic mass is 16.5. The van der Waals surface area contributed by atoms with Crippen LogP contribution >= 0.6 is 0 Å². The standard InChI is InChI=1S/C12H25NO/c1-5-9-12(14-8-4)11(7-3)13-10-6-2/h7,11-13H,3,5-6,8-10H2,1-2,4H3. The van der Waals surface area contributed by atoms with Crippen LogP contribution in [0.2, 0.25) is 0 Å². The Balaban J connectivity index is 4.03. The van der Waals surface area contributed by atoms with Crippen molar-refractivity contribution in [3.8, 4) is 0 Å². The lowest BCUT2D eigenvalue weighted by Gasteiger charge is -2.25. The summed E-state index contributed by atoms with van der Waals surface area (Å²) in [6, 6.07) is 0.301. The first-order chi connectivity index (χ1) is 6.79. The van der Waals surface area contributed by atoms with Crippen molar-refractivity contribution in [1.29, 1.82) is 0 Å². The van der Waals surface area contributed by atoms with Crippen LogP contribution in [0, 0.1) is 0 Å². The first-order valence-electron chi connectivity index (χ1n) is 5.77. The highest BCUT2D eigenvalue weighted by molar-refractivity contribution is 4.91. The molecule has 0 spiro atoms. The molecule has 0 amide bonds. The maximum atomic E-state index is 5.70. The predicted octanol–water partition coefficient (Wildman–Crippen LogP) is 2.75. The maximum Gasteiger partial charge on any atom is 0.0763 e. The molecule has 0 aliphatic rings. The van der Waals surface area contributed by atoms with Crippen LogP contribution in [0.4, 0.5) is 0 Å². The van der Waals surface area contributed by atoms with Gasteiger partial charge in [0, 0.05) is 6.61 Å². The zero-order valence-electron chi connectivity index (χ0n) is 9.88. The SMILES string of the molecule is C=CC(NCCC)C(CCC)OCC. The number of ether oxygens (including phenoxy) is 1. The Morgan fingerprint density at radius 3 is 2.43 bits per heavy atom. The molecule has 84 valence electrons. The van der Waals surface area contributed by atoms with Crippen molar-refractivity contribution in [2.75, 3.05) is 13.2 Å². The second kappa shape index (κ2) is 9.22. The molecule has 0 radical (unpaired) electrons. The van der Waals surface area contributed by atoms with E-state index in [2.05, 4.69) is 25.7 Å². The third-order valence-corrected chi connectivity index (χ3v) is 2.24. The van der Waals surface area contributed by atoms with Crippen LogP contribution in [0.3, 0.4) is 0 Å². The average Bonchev–Trinajstić information content (AvgIpc) is 2.19. The Labute approximate surface area is 88.7 Å². The topological polar surface area (TPSA) is 21.3 Å². The van der Waals surface area contributed by atoms with E-state index in [0.717, 1.165) is 32.4 Å². The van der Waals surface area contributed by atoms with Gasteiger partial charge in [0.15, 0.2) is 0 Å². The summed E-state index contributed by atoms with van der Waals surface area (Å²) in [5.74, 6) is 0. The zero-order chi connectivity index (χ0) is 10.8. The Hall–Kier alpha value is -0.340. The largest absolute Gasteiger partial charge is 0.377 e. The first kappa shape index (κ1) is 13.7. The highest BCUT2D eigenvalue weighted by Gasteiger charge is 2.16. The molecule has 0 aliphatic carbocycles. The van der Waals surface area contributed by atoms with Gasteiger partial charge in [0.1, 0.15) is 0 Å². The second-order valence-electron chi connectivity index (χ2n) is 3.50.